The third-order valence-corrected chi connectivity index (χ3v) is 3.30. The van der Waals surface area contributed by atoms with Gasteiger partial charge in [0.1, 0.15) is 0 Å². The van der Waals surface area contributed by atoms with Gasteiger partial charge in [-0.05, 0) is 30.7 Å². The predicted octanol–water partition coefficient (Wildman–Crippen LogP) is 3.65. The van der Waals surface area contributed by atoms with E-state index in [2.05, 4.69) is 42.6 Å². The van der Waals surface area contributed by atoms with Gasteiger partial charge in [0.25, 0.3) is 0 Å². The highest BCUT2D eigenvalue weighted by Crippen LogP contribution is 2.23. The first-order valence-electron chi connectivity index (χ1n) is 6.75. The second kappa shape index (κ2) is 6.73. The lowest BCUT2D eigenvalue weighted by atomic mass is 10.0. The minimum atomic E-state index is 0.174. The predicted molar refractivity (Wildman–Crippen MR) is 79.5 cm³/mol. The van der Waals surface area contributed by atoms with E-state index in [1.165, 1.54) is 11.1 Å². The minimum Gasteiger partial charge on any atom is -0.306 e. The Morgan fingerprint density at radius 2 is 1.95 bits per heavy atom. The molecule has 3 nitrogen and oxygen atoms in total. The van der Waals surface area contributed by atoms with Gasteiger partial charge in [-0.1, -0.05) is 37.6 Å². The van der Waals surface area contributed by atoms with Gasteiger partial charge in [0.05, 0.1) is 12.2 Å². The smallest absolute Gasteiger partial charge is 0.0607 e. The summed E-state index contributed by atoms with van der Waals surface area (Å²) in [5.41, 5.74) is 2.40. The molecule has 0 bridgehead atoms. The number of nitrogens with zero attached hydrogens (tertiary/aromatic N) is 2. The highest BCUT2D eigenvalue weighted by atomic mass is 35.5. The van der Waals surface area contributed by atoms with E-state index in [0.717, 1.165) is 24.5 Å². The molecule has 1 aromatic carbocycles. The van der Waals surface area contributed by atoms with Crippen LogP contribution in [-0.2, 0) is 6.54 Å². The molecule has 0 saturated heterocycles. The Kier molecular flexibility index (Phi) is 5.00. The topological polar surface area (TPSA) is 29.9 Å². The Labute approximate surface area is 119 Å². The van der Waals surface area contributed by atoms with E-state index in [0.29, 0.717) is 0 Å². The maximum Gasteiger partial charge on any atom is 0.0607 e. The molecule has 1 atom stereocenters. The summed E-state index contributed by atoms with van der Waals surface area (Å²) >= 11 is 5.95. The molecule has 19 heavy (non-hydrogen) atoms. The molecule has 1 aromatic heterocycles. The zero-order valence-electron chi connectivity index (χ0n) is 11.4. The van der Waals surface area contributed by atoms with E-state index in [1.54, 1.807) is 0 Å². The van der Waals surface area contributed by atoms with Crippen LogP contribution in [0.5, 0.6) is 0 Å². The fourth-order valence-corrected chi connectivity index (χ4v) is 2.29. The maximum atomic E-state index is 5.95. The summed E-state index contributed by atoms with van der Waals surface area (Å²) in [6, 6.07) is 8.16. The fraction of sp³-hybridized carbons (Fsp3) is 0.400. The van der Waals surface area contributed by atoms with Crippen LogP contribution in [0, 0.1) is 0 Å². The molecule has 2 aromatic rings. The van der Waals surface area contributed by atoms with E-state index in [9.17, 15) is 0 Å². The minimum absolute atomic E-state index is 0.174. The van der Waals surface area contributed by atoms with Crippen LogP contribution >= 0.6 is 11.6 Å². The molecule has 0 fully saturated rings. The fourth-order valence-electron chi connectivity index (χ4n) is 2.17. The van der Waals surface area contributed by atoms with Gasteiger partial charge in [0.2, 0.25) is 0 Å². The van der Waals surface area contributed by atoms with Crippen LogP contribution in [0.3, 0.4) is 0 Å². The van der Waals surface area contributed by atoms with Gasteiger partial charge < -0.3 is 5.32 Å². The van der Waals surface area contributed by atoms with Crippen molar-refractivity contribution >= 4 is 11.6 Å². The van der Waals surface area contributed by atoms with E-state index < -0.39 is 0 Å². The Morgan fingerprint density at radius 3 is 2.58 bits per heavy atom. The van der Waals surface area contributed by atoms with Crippen molar-refractivity contribution in [2.45, 2.75) is 32.9 Å². The molecule has 1 unspecified atom stereocenters. The highest BCUT2D eigenvalue weighted by molar-refractivity contribution is 6.30. The summed E-state index contributed by atoms with van der Waals surface area (Å²) in [5.74, 6) is 0. The van der Waals surface area contributed by atoms with Gasteiger partial charge in [-0.25, -0.2) is 0 Å². The molecule has 0 spiro atoms. The van der Waals surface area contributed by atoms with Gasteiger partial charge in [-0.15, -0.1) is 0 Å². The molecule has 4 heteroatoms. The molecule has 0 saturated carbocycles. The highest BCUT2D eigenvalue weighted by Gasteiger charge is 2.14. The number of hydrogen-bond acceptors (Lipinski definition) is 2. The third kappa shape index (κ3) is 3.58. The van der Waals surface area contributed by atoms with E-state index in [-0.39, 0.29) is 6.04 Å². The van der Waals surface area contributed by atoms with E-state index >= 15 is 0 Å². The van der Waals surface area contributed by atoms with Gasteiger partial charge >= 0.3 is 0 Å². The van der Waals surface area contributed by atoms with Gasteiger partial charge in [-0.2, -0.15) is 5.10 Å². The zero-order valence-corrected chi connectivity index (χ0v) is 12.2. The summed E-state index contributed by atoms with van der Waals surface area (Å²) in [6.07, 6.45) is 5.15. The molecule has 0 radical (unpaired) electrons. The Bertz CT molecular complexity index is 504. The lowest BCUT2D eigenvalue weighted by molar-refractivity contribution is 0.597. The molecule has 1 N–H and O–H groups in total. The van der Waals surface area contributed by atoms with Crippen molar-refractivity contribution in [3.8, 4) is 0 Å². The van der Waals surface area contributed by atoms with Crippen LogP contribution in [0.15, 0.2) is 36.7 Å². The molecule has 0 aliphatic carbocycles. The molecular weight excluding hydrogens is 258 g/mol. The SMILES string of the molecule is CCCn1cc(C(NCC)c2ccc(Cl)cc2)cn1. The molecule has 102 valence electrons. The lowest BCUT2D eigenvalue weighted by Gasteiger charge is -2.16. The largest absolute Gasteiger partial charge is 0.306 e. The van der Waals surface area contributed by atoms with Crippen molar-refractivity contribution in [1.29, 1.82) is 0 Å². The van der Waals surface area contributed by atoms with Crippen LogP contribution in [0.2, 0.25) is 5.02 Å². The summed E-state index contributed by atoms with van der Waals surface area (Å²) in [6.45, 7) is 6.13. The monoisotopic (exact) mass is 277 g/mol. The number of halogens is 1. The normalized spacial score (nSPS) is 12.6. The number of rotatable bonds is 6. The van der Waals surface area contributed by atoms with Crippen LogP contribution in [0.25, 0.3) is 0 Å². The second-order valence-corrected chi connectivity index (χ2v) is 5.02. The van der Waals surface area contributed by atoms with Gasteiger partial charge in [-0.3, -0.25) is 4.68 Å². The Hall–Kier alpha value is -1.32. The van der Waals surface area contributed by atoms with Crippen LogP contribution in [0.4, 0.5) is 0 Å². The van der Waals surface area contributed by atoms with E-state index in [1.807, 2.05) is 23.0 Å². The number of benzene rings is 1. The number of nitrogens with one attached hydrogen (secondary N) is 1. The summed E-state index contributed by atoms with van der Waals surface area (Å²) in [7, 11) is 0. The van der Waals surface area contributed by atoms with Crippen molar-refractivity contribution in [3.63, 3.8) is 0 Å². The molecule has 0 aliphatic heterocycles. The Balaban J connectivity index is 2.25. The average Bonchev–Trinajstić information content (AvgIpc) is 2.86. The number of aryl methyl sites for hydroxylation is 1. The molecule has 1 heterocycles. The summed E-state index contributed by atoms with van der Waals surface area (Å²) < 4.78 is 2.00. The maximum absolute atomic E-state index is 5.95. The standard InChI is InChI=1S/C15H20ClN3/c1-3-9-19-11-13(10-18-19)15(17-4-2)12-5-7-14(16)8-6-12/h5-8,10-11,15,17H,3-4,9H2,1-2H3. The zero-order chi connectivity index (χ0) is 13.7. The van der Waals surface area contributed by atoms with Crippen molar-refractivity contribution in [2.24, 2.45) is 0 Å². The molecule has 0 amide bonds. The summed E-state index contributed by atoms with van der Waals surface area (Å²) in [5, 5.41) is 8.66. The molecule has 0 aliphatic rings. The van der Waals surface area contributed by atoms with Gasteiger partial charge in [0, 0.05) is 23.3 Å². The molecule has 2 rings (SSSR count). The van der Waals surface area contributed by atoms with Crippen LogP contribution in [0.1, 0.15) is 37.4 Å². The average molecular weight is 278 g/mol. The van der Waals surface area contributed by atoms with Crippen molar-refractivity contribution in [2.75, 3.05) is 6.54 Å². The van der Waals surface area contributed by atoms with E-state index in [4.69, 9.17) is 11.6 Å². The second-order valence-electron chi connectivity index (χ2n) is 4.58. The Morgan fingerprint density at radius 1 is 1.21 bits per heavy atom. The first-order valence-corrected chi connectivity index (χ1v) is 7.13. The van der Waals surface area contributed by atoms with Crippen molar-refractivity contribution < 1.29 is 0 Å². The third-order valence-electron chi connectivity index (χ3n) is 3.05. The number of hydrogen-bond donors (Lipinski definition) is 1. The van der Waals surface area contributed by atoms with Crippen molar-refractivity contribution in [3.05, 3.63) is 52.8 Å². The van der Waals surface area contributed by atoms with Gasteiger partial charge in [0.15, 0.2) is 0 Å². The number of aromatic nitrogens is 2. The summed E-state index contributed by atoms with van der Waals surface area (Å²) in [4.78, 5) is 0. The van der Waals surface area contributed by atoms with Crippen molar-refractivity contribution in [1.82, 2.24) is 15.1 Å². The van der Waals surface area contributed by atoms with Crippen LogP contribution in [-0.4, -0.2) is 16.3 Å². The first-order chi connectivity index (χ1) is 9.24. The van der Waals surface area contributed by atoms with Crippen LogP contribution < -0.4 is 5.32 Å². The molecular formula is C15H20ClN3. The first kappa shape index (κ1) is 14.1. The quantitative estimate of drug-likeness (QED) is 0.874. The lowest BCUT2D eigenvalue weighted by Crippen LogP contribution is -2.21.